The number of unbranched alkanes of at least 4 members (excludes halogenated alkanes) is 1. The number of carbonyl (C=O) groups is 1. The Morgan fingerprint density at radius 1 is 1.31 bits per heavy atom. The first kappa shape index (κ1) is 25.7. The molecule has 1 saturated heterocycles. The molecular formula is C15H22F4O9S. The monoisotopic (exact) mass is 454 g/mol. The lowest BCUT2D eigenvalue weighted by Crippen LogP contribution is -2.46. The van der Waals surface area contributed by atoms with Crippen molar-refractivity contribution in [1.29, 1.82) is 0 Å². The molecule has 2 N–H and O–H groups in total. The Morgan fingerprint density at radius 2 is 1.93 bits per heavy atom. The summed E-state index contributed by atoms with van der Waals surface area (Å²) < 4.78 is 101. The molecule has 170 valence electrons. The van der Waals surface area contributed by atoms with Crippen molar-refractivity contribution in [2.75, 3.05) is 20.0 Å². The van der Waals surface area contributed by atoms with E-state index < -0.39 is 52.2 Å². The van der Waals surface area contributed by atoms with E-state index in [1.54, 1.807) is 0 Å². The van der Waals surface area contributed by atoms with Crippen LogP contribution in [0.5, 0.6) is 0 Å². The van der Waals surface area contributed by atoms with Gasteiger partial charge in [0.2, 0.25) is 6.29 Å². The number of carbonyl (C=O) groups excluding carboxylic acids is 1. The van der Waals surface area contributed by atoms with E-state index in [1.807, 2.05) is 0 Å². The Hall–Kier alpha value is -1.32. The van der Waals surface area contributed by atoms with Gasteiger partial charge in [-0.05, 0) is 19.8 Å². The second-order valence-electron chi connectivity index (χ2n) is 6.45. The van der Waals surface area contributed by atoms with E-state index in [-0.39, 0.29) is 38.4 Å². The van der Waals surface area contributed by atoms with E-state index >= 15 is 0 Å². The van der Waals surface area contributed by atoms with Crippen LogP contribution >= 0.6 is 0 Å². The zero-order valence-corrected chi connectivity index (χ0v) is 16.2. The molecule has 2 unspecified atom stereocenters. The predicted octanol–water partition coefficient (Wildman–Crippen LogP) is 1.82. The Bertz CT molecular complexity index is 694. The summed E-state index contributed by atoms with van der Waals surface area (Å²) in [6.07, 6.45) is -3.43. The van der Waals surface area contributed by atoms with Gasteiger partial charge in [0.05, 0.1) is 18.6 Å². The van der Waals surface area contributed by atoms with Crippen LogP contribution in [0.3, 0.4) is 0 Å². The summed E-state index contributed by atoms with van der Waals surface area (Å²) in [5.74, 6) is -7.39. The number of rotatable bonds is 11. The van der Waals surface area contributed by atoms with Gasteiger partial charge in [-0.15, -0.1) is 0 Å². The third-order valence-electron chi connectivity index (χ3n) is 3.75. The molecule has 1 heterocycles. The van der Waals surface area contributed by atoms with E-state index in [9.17, 15) is 35.9 Å². The minimum atomic E-state index is -6.26. The maximum Gasteiger partial charge on any atom is 0.431 e. The number of ether oxygens (including phenoxy) is 4. The van der Waals surface area contributed by atoms with Gasteiger partial charge in [0.1, 0.15) is 0 Å². The molecule has 1 rings (SSSR count). The Morgan fingerprint density at radius 3 is 2.48 bits per heavy atom. The van der Waals surface area contributed by atoms with Crippen molar-refractivity contribution in [2.45, 2.75) is 55.9 Å². The third-order valence-corrected chi connectivity index (χ3v) is 4.70. The number of alkyl halides is 4. The minimum absolute atomic E-state index is 0.144. The fraction of sp³-hybridized carbons (Fsp3) is 0.800. The van der Waals surface area contributed by atoms with Crippen LogP contribution in [0.1, 0.15) is 32.6 Å². The zero-order valence-electron chi connectivity index (χ0n) is 15.4. The van der Waals surface area contributed by atoms with E-state index in [0.717, 1.165) is 0 Å². The number of hydrogen-bond acceptors (Lipinski definition) is 8. The van der Waals surface area contributed by atoms with Crippen LogP contribution in [0, 0.1) is 0 Å². The number of halogens is 4. The van der Waals surface area contributed by atoms with Crippen LogP contribution in [0.2, 0.25) is 0 Å². The molecule has 0 spiro atoms. The molecular weight excluding hydrogens is 432 g/mol. The summed E-state index contributed by atoms with van der Waals surface area (Å²) in [4.78, 5) is 11.8. The van der Waals surface area contributed by atoms with Crippen molar-refractivity contribution < 1.29 is 59.4 Å². The van der Waals surface area contributed by atoms with Gasteiger partial charge in [0.15, 0.2) is 12.6 Å². The molecule has 0 aromatic carbocycles. The maximum atomic E-state index is 13.3. The highest BCUT2D eigenvalue weighted by atomic mass is 32.2. The lowest BCUT2D eigenvalue weighted by Gasteiger charge is -2.33. The zero-order chi connectivity index (χ0) is 22.5. The molecule has 1 aliphatic heterocycles. The molecule has 14 heteroatoms. The predicted molar refractivity (Wildman–Crippen MR) is 87.4 cm³/mol. The lowest BCUT2D eigenvalue weighted by molar-refractivity contribution is -0.334. The normalized spacial score (nSPS) is 23.6. The van der Waals surface area contributed by atoms with Gasteiger partial charge in [0.25, 0.3) is 0 Å². The third kappa shape index (κ3) is 7.46. The smallest absolute Gasteiger partial charge is 0.431 e. The van der Waals surface area contributed by atoms with E-state index in [2.05, 4.69) is 6.58 Å². The molecule has 0 aromatic rings. The second-order valence-corrected chi connectivity index (χ2v) is 7.92. The highest BCUT2D eigenvalue weighted by molar-refractivity contribution is 7.87. The standard InChI is InChI=1S/C15H22F4O9S/c1-10(12(20)28-11-7-13(2,21)27-9-26-11)8-25-6-4-3-5-14(16,17)15(18,19)29(22,23)24/h11,21H,1,3-9H2,2H3,(H,22,23,24). The van der Waals surface area contributed by atoms with Crippen LogP contribution in [0.15, 0.2) is 12.2 Å². The van der Waals surface area contributed by atoms with Crippen molar-refractivity contribution in [2.24, 2.45) is 0 Å². The number of aliphatic hydroxyl groups is 1. The van der Waals surface area contributed by atoms with Gasteiger partial charge in [-0.25, -0.2) is 4.79 Å². The SMILES string of the molecule is C=C(COCCCCC(F)(F)C(F)(F)S(=O)(=O)O)C(=O)OC1CC(C)(O)OCO1. The van der Waals surface area contributed by atoms with Gasteiger partial charge in [-0.1, -0.05) is 6.58 Å². The van der Waals surface area contributed by atoms with Gasteiger partial charge in [0, 0.05) is 13.0 Å². The minimum Gasteiger partial charge on any atom is -0.432 e. The van der Waals surface area contributed by atoms with Gasteiger partial charge in [-0.2, -0.15) is 26.0 Å². The molecule has 0 aliphatic carbocycles. The maximum absolute atomic E-state index is 13.3. The molecule has 1 aliphatic rings. The average Bonchev–Trinajstić information content (AvgIpc) is 2.55. The summed E-state index contributed by atoms with van der Waals surface area (Å²) in [5, 5.41) is 4.08. The van der Waals surface area contributed by atoms with Crippen LogP contribution in [-0.2, 0) is 33.9 Å². The summed E-state index contributed by atoms with van der Waals surface area (Å²) in [7, 11) is -6.26. The first-order chi connectivity index (χ1) is 13.1. The number of hydrogen-bond donors (Lipinski definition) is 2. The summed E-state index contributed by atoms with van der Waals surface area (Å²) in [6, 6.07) is 0. The topological polar surface area (TPSA) is 129 Å². The molecule has 0 saturated carbocycles. The first-order valence-corrected chi connectivity index (χ1v) is 9.70. The molecule has 2 atom stereocenters. The lowest BCUT2D eigenvalue weighted by atomic mass is 10.1. The van der Waals surface area contributed by atoms with Crippen molar-refractivity contribution in [3.63, 3.8) is 0 Å². The summed E-state index contributed by atoms with van der Waals surface area (Å²) >= 11 is 0. The summed E-state index contributed by atoms with van der Waals surface area (Å²) in [6.45, 7) is 3.89. The Labute approximate surface area is 164 Å². The van der Waals surface area contributed by atoms with Gasteiger partial charge >= 0.3 is 27.3 Å². The van der Waals surface area contributed by atoms with Crippen LogP contribution < -0.4 is 0 Å². The van der Waals surface area contributed by atoms with E-state index in [0.29, 0.717) is 0 Å². The Kier molecular flexibility index (Phi) is 8.57. The molecule has 1 fully saturated rings. The van der Waals surface area contributed by atoms with Crippen LogP contribution in [-0.4, -0.2) is 67.3 Å². The molecule has 0 radical (unpaired) electrons. The highest BCUT2D eigenvalue weighted by Gasteiger charge is 2.64. The quantitative estimate of drug-likeness (QED) is 0.158. The fourth-order valence-electron chi connectivity index (χ4n) is 2.08. The fourth-order valence-corrected chi connectivity index (χ4v) is 2.56. The molecule has 0 amide bonds. The second kappa shape index (κ2) is 9.66. The van der Waals surface area contributed by atoms with Crippen LogP contribution in [0.25, 0.3) is 0 Å². The van der Waals surface area contributed by atoms with Crippen molar-refractivity contribution in [3.05, 3.63) is 12.2 Å². The number of esters is 1. The van der Waals surface area contributed by atoms with Crippen molar-refractivity contribution >= 4 is 16.1 Å². The molecule has 29 heavy (non-hydrogen) atoms. The van der Waals surface area contributed by atoms with Crippen molar-refractivity contribution in [1.82, 2.24) is 0 Å². The van der Waals surface area contributed by atoms with E-state index in [4.69, 9.17) is 23.5 Å². The van der Waals surface area contributed by atoms with Gasteiger partial charge in [-0.3, -0.25) is 4.55 Å². The molecule has 9 nitrogen and oxygen atoms in total. The average molecular weight is 454 g/mol. The first-order valence-electron chi connectivity index (χ1n) is 8.26. The Balaban J connectivity index is 2.29. The summed E-state index contributed by atoms with van der Waals surface area (Å²) in [5.41, 5.74) is -0.150. The van der Waals surface area contributed by atoms with Crippen LogP contribution in [0.4, 0.5) is 17.6 Å². The highest BCUT2D eigenvalue weighted by Crippen LogP contribution is 2.41. The van der Waals surface area contributed by atoms with E-state index in [1.165, 1.54) is 6.92 Å². The van der Waals surface area contributed by atoms with Crippen molar-refractivity contribution in [3.8, 4) is 0 Å². The molecule has 0 aromatic heterocycles. The largest absolute Gasteiger partial charge is 0.432 e. The van der Waals surface area contributed by atoms with Gasteiger partial charge < -0.3 is 24.1 Å². The molecule has 0 bridgehead atoms.